The van der Waals surface area contributed by atoms with Crippen LogP contribution in [0.15, 0.2) is 21.7 Å². The summed E-state index contributed by atoms with van der Waals surface area (Å²) < 4.78 is 0. The second-order valence-corrected chi connectivity index (χ2v) is 2.51. The highest BCUT2D eigenvalue weighted by molar-refractivity contribution is 7.07. The molecule has 0 aliphatic heterocycles. The van der Waals surface area contributed by atoms with Gasteiger partial charge >= 0.3 is 0 Å². The van der Waals surface area contributed by atoms with Gasteiger partial charge in [-0.2, -0.15) is 0 Å². The highest BCUT2D eigenvalue weighted by atomic mass is 32.1. The van der Waals surface area contributed by atoms with Crippen molar-refractivity contribution in [2.45, 2.75) is 0 Å². The van der Waals surface area contributed by atoms with Crippen molar-refractivity contribution in [3.05, 3.63) is 32.7 Å². The molecule has 1 aromatic heterocycles. The Morgan fingerprint density at radius 2 is 2.67 bits per heavy atom. The van der Waals surface area contributed by atoms with E-state index in [0.717, 1.165) is 0 Å². The van der Waals surface area contributed by atoms with Crippen LogP contribution >= 0.6 is 11.3 Å². The summed E-state index contributed by atoms with van der Waals surface area (Å²) >= 11 is 1.40. The van der Waals surface area contributed by atoms with E-state index in [4.69, 9.17) is 5.53 Å². The number of hydrogen-bond acceptors (Lipinski definition) is 4. The minimum atomic E-state index is 0.0309. The molecule has 0 fully saturated rings. The monoisotopic (exact) mass is 180 g/mol. The first-order chi connectivity index (χ1) is 5.86. The van der Waals surface area contributed by atoms with Gasteiger partial charge in [-0.15, -0.1) is 11.3 Å². The average molecular weight is 180 g/mol. The predicted molar refractivity (Wildman–Crippen MR) is 45.3 cm³/mol. The number of hydrogen-bond donors (Lipinski definition) is 0. The topological polar surface area (TPSA) is 78.7 Å². The fourth-order valence-corrected chi connectivity index (χ4v) is 1.09. The van der Waals surface area contributed by atoms with Gasteiger partial charge in [-0.3, -0.25) is 4.79 Å². The van der Waals surface area contributed by atoms with Crippen LogP contribution in [0.5, 0.6) is 0 Å². The Kier molecular flexibility index (Phi) is 3.01. The number of allylic oxidation sites excluding steroid dienone is 1. The number of aldehydes is 1. The molecule has 0 bridgehead atoms. The van der Waals surface area contributed by atoms with Crippen molar-refractivity contribution >= 4 is 23.7 Å². The zero-order valence-electron chi connectivity index (χ0n) is 5.91. The molecule has 1 aromatic rings. The Hall–Kier alpha value is -1.65. The maximum atomic E-state index is 10.3. The van der Waals surface area contributed by atoms with Crippen LogP contribution in [0.1, 0.15) is 5.69 Å². The van der Waals surface area contributed by atoms with Crippen molar-refractivity contribution in [2.24, 2.45) is 5.11 Å². The number of rotatable bonds is 3. The first-order valence-electron chi connectivity index (χ1n) is 2.97. The standard InChI is InChI=1S/C6H4N4OS/c7-10-9-5(2-11)1-6-3-12-4-8-6/h1-4H/b5-1-. The summed E-state index contributed by atoms with van der Waals surface area (Å²) in [5, 5.41) is 4.90. The Balaban J connectivity index is 2.92. The predicted octanol–water partition coefficient (Wildman–Crippen LogP) is 1.99. The molecule has 60 valence electrons. The van der Waals surface area contributed by atoms with Gasteiger partial charge in [-0.1, -0.05) is 5.11 Å². The first-order valence-corrected chi connectivity index (χ1v) is 3.91. The number of aromatic nitrogens is 1. The molecule has 0 saturated heterocycles. The van der Waals surface area contributed by atoms with E-state index in [1.807, 2.05) is 0 Å². The highest BCUT2D eigenvalue weighted by Gasteiger charge is 1.92. The zero-order chi connectivity index (χ0) is 8.81. The van der Waals surface area contributed by atoms with Crippen molar-refractivity contribution in [3.8, 4) is 0 Å². The zero-order valence-corrected chi connectivity index (χ0v) is 6.73. The Morgan fingerprint density at radius 1 is 1.83 bits per heavy atom. The summed E-state index contributed by atoms with van der Waals surface area (Å²) in [6.45, 7) is 0. The first kappa shape index (κ1) is 8.45. The number of thiazole rings is 1. The summed E-state index contributed by atoms with van der Waals surface area (Å²) in [5.41, 5.74) is 10.3. The smallest absolute Gasteiger partial charge is 0.152 e. The second-order valence-electron chi connectivity index (χ2n) is 1.79. The molecule has 0 aromatic carbocycles. The summed E-state index contributed by atoms with van der Waals surface area (Å²) in [7, 11) is 0. The number of carbonyl (C=O) groups excluding carboxylic acids is 1. The highest BCUT2D eigenvalue weighted by Crippen LogP contribution is 2.06. The molecule has 0 spiro atoms. The van der Waals surface area contributed by atoms with Gasteiger partial charge in [0, 0.05) is 10.3 Å². The molecule has 0 unspecified atom stereocenters. The van der Waals surface area contributed by atoms with Crippen LogP contribution in [0.4, 0.5) is 0 Å². The Morgan fingerprint density at radius 3 is 3.17 bits per heavy atom. The van der Waals surface area contributed by atoms with Crippen molar-refractivity contribution in [1.29, 1.82) is 0 Å². The van der Waals surface area contributed by atoms with Gasteiger partial charge in [0.15, 0.2) is 6.29 Å². The second kappa shape index (κ2) is 4.27. The lowest BCUT2D eigenvalue weighted by molar-refractivity contribution is -0.104. The Labute approximate surface area is 72.0 Å². The van der Waals surface area contributed by atoms with Gasteiger partial charge in [0.05, 0.1) is 16.9 Å². The van der Waals surface area contributed by atoms with Crippen LogP contribution in [0.25, 0.3) is 16.5 Å². The van der Waals surface area contributed by atoms with E-state index in [1.165, 1.54) is 17.4 Å². The maximum absolute atomic E-state index is 10.3. The lowest BCUT2D eigenvalue weighted by Crippen LogP contribution is -1.78. The normalized spacial score (nSPS) is 10.5. The maximum Gasteiger partial charge on any atom is 0.152 e. The summed E-state index contributed by atoms with van der Waals surface area (Å²) in [6, 6.07) is 0. The minimum Gasteiger partial charge on any atom is -0.298 e. The molecular weight excluding hydrogens is 176 g/mol. The fourth-order valence-electron chi connectivity index (χ4n) is 0.583. The largest absolute Gasteiger partial charge is 0.298 e. The van der Waals surface area contributed by atoms with E-state index >= 15 is 0 Å². The summed E-state index contributed by atoms with van der Waals surface area (Å²) in [4.78, 5) is 16.6. The molecule has 5 nitrogen and oxygen atoms in total. The third-order valence-electron chi connectivity index (χ3n) is 1.03. The van der Waals surface area contributed by atoms with E-state index in [2.05, 4.69) is 15.0 Å². The van der Waals surface area contributed by atoms with Gasteiger partial charge in [0.25, 0.3) is 0 Å². The van der Waals surface area contributed by atoms with Gasteiger partial charge in [-0.05, 0) is 11.6 Å². The van der Waals surface area contributed by atoms with Crippen molar-refractivity contribution in [1.82, 2.24) is 4.98 Å². The van der Waals surface area contributed by atoms with E-state index in [1.54, 1.807) is 10.9 Å². The van der Waals surface area contributed by atoms with Crippen molar-refractivity contribution in [3.63, 3.8) is 0 Å². The van der Waals surface area contributed by atoms with Crippen molar-refractivity contribution in [2.75, 3.05) is 0 Å². The van der Waals surface area contributed by atoms with E-state index in [0.29, 0.717) is 12.0 Å². The van der Waals surface area contributed by atoms with Crippen LogP contribution in [0.3, 0.4) is 0 Å². The quantitative estimate of drug-likeness (QED) is 0.234. The SMILES string of the molecule is [N-]=[N+]=N/C(C=O)=C\c1cscn1. The molecular formula is C6H4N4OS. The van der Waals surface area contributed by atoms with Gasteiger partial charge < -0.3 is 0 Å². The average Bonchev–Trinajstić information content (AvgIpc) is 2.56. The van der Waals surface area contributed by atoms with Crippen LogP contribution in [-0.2, 0) is 4.79 Å². The molecule has 0 N–H and O–H groups in total. The van der Waals surface area contributed by atoms with Crippen LogP contribution in [0.2, 0.25) is 0 Å². The number of nitrogens with zero attached hydrogens (tertiary/aromatic N) is 4. The van der Waals surface area contributed by atoms with E-state index in [9.17, 15) is 4.79 Å². The lowest BCUT2D eigenvalue weighted by Gasteiger charge is -1.83. The Bertz CT molecular complexity index is 336. The molecule has 0 radical (unpaired) electrons. The minimum absolute atomic E-state index is 0.0309. The lowest BCUT2D eigenvalue weighted by atomic mass is 10.4. The third kappa shape index (κ3) is 2.19. The molecule has 1 rings (SSSR count). The summed E-state index contributed by atoms with van der Waals surface area (Å²) in [5.74, 6) is 0. The summed E-state index contributed by atoms with van der Waals surface area (Å²) in [6.07, 6.45) is 1.91. The molecule has 1 heterocycles. The van der Waals surface area contributed by atoms with E-state index in [-0.39, 0.29) is 5.70 Å². The third-order valence-corrected chi connectivity index (χ3v) is 1.63. The molecule has 0 saturated carbocycles. The molecule has 0 amide bonds. The molecule has 0 atom stereocenters. The number of azide groups is 1. The molecule has 0 aliphatic carbocycles. The molecule has 0 aliphatic rings. The van der Waals surface area contributed by atoms with Crippen LogP contribution in [0, 0.1) is 0 Å². The fraction of sp³-hybridized carbons (Fsp3) is 0. The van der Waals surface area contributed by atoms with Crippen LogP contribution in [-0.4, -0.2) is 11.3 Å². The molecule has 6 heteroatoms. The van der Waals surface area contributed by atoms with Crippen LogP contribution < -0.4 is 0 Å². The van der Waals surface area contributed by atoms with Gasteiger partial charge in [0.1, 0.15) is 0 Å². The van der Waals surface area contributed by atoms with Gasteiger partial charge in [0.2, 0.25) is 0 Å². The van der Waals surface area contributed by atoms with Crippen molar-refractivity contribution < 1.29 is 4.79 Å². The number of carbonyl (C=O) groups is 1. The van der Waals surface area contributed by atoms with E-state index < -0.39 is 0 Å². The molecule has 12 heavy (non-hydrogen) atoms. The van der Waals surface area contributed by atoms with Gasteiger partial charge in [-0.25, -0.2) is 4.98 Å².